The standard InChI is InChI=1S/C25H28N4O2/c1-2-23-26-9-11-27(23)10-8-24(30)28-15-18-12-21(17-28)22-13-20(14-25(31)29(22)16-18)19-6-4-3-5-7-19/h3-7,9,11,13-14,18,21H,2,8,10,12,15-17H2,1H3/t18-,21+/m0/s1. The lowest BCUT2D eigenvalue weighted by atomic mass is 9.82. The lowest BCUT2D eigenvalue weighted by molar-refractivity contribution is -0.134. The Labute approximate surface area is 182 Å². The van der Waals surface area contributed by atoms with Gasteiger partial charge in [-0.25, -0.2) is 4.98 Å². The van der Waals surface area contributed by atoms with E-state index in [9.17, 15) is 9.59 Å². The number of carbonyl (C=O) groups excluding carboxylic acids is 1. The van der Waals surface area contributed by atoms with Crippen molar-refractivity contribution < 1.29 is 4.79 Å². The Kier molecular flexibility index (Phi) is 5.22. The normalized spacial score (nSPS) is 19.8. The predicted molar refractivity (Wildman–Crippen MR) is 120 cm³/mol. The molecule has 2 bridgehead atoms. The minimum atomic E-state index is 0.0676. The molecule has 1 aromatic carbocycles. The van der Waals surface area contributed by atoms with Gasteiger partial charge in [0, 0.05) is 69.1 Å². The number of nitrogens with zero attached hydrogens (tertiary/aromatic N) is 4. The number of hydrogen-bond donors (Lipinski definition) is 0. The van der Waals surface area contributed by atoms with Crippen molar-refractivity contribution in [1.82, 2.24) is 19.0 Å². The van der Waals surface area contributed by atoms with Gasteiger partial charge >= 0.3 is 0 Å². The van der Waals surface area contributed by atoms with Gasteiger partial charge in [0.1, 0.15) is 5.82 Å². The molecule has 0 radical (unpaired) electrons. The lowest BCUT2D eigenvalue weighted by Gasteiger charge is -2.43. The van der Waals surface area contributed by atoms with E-state index in [1.165, 1.54) is 0 Å². The summed E-state index contributed by atoms with van der Waals surface area (Å²) in [6, 6.07) is 14.0. The summed E-state index contributed by atoms with van der Waals surface area (Å²) in [5, 5.41) is 0. The number of pyridine rings is 1. The van der Waals surface area contributed by atoms with Crippen LogP contribution in [-0.2, 0) is 24.3 Å². The summed E-state index contributed by atoms with van der Waals surface area (Å²) in [7, 11) is 0. The number of imidazole rings is 1. The summed E-state index contributed by atoms with van der Waals surface area (Å²) in [5.74, 6) is 1.77. The Morgan fingerprint density at radius 3 is 2.74 bits per heavy atom. The van der Waals surface area contributed by atoms with Crippen LogP contribution in [-0.4, -0.2) is 38.0 Å². The summed E-state index contributed by atoms with van der Waals surface area (Å²) in [4.78, 5) is 32.2. The quantitative estimate of drug-likeness (QED) is 0.641. The van der Waals surface area contributed by atoms with E-state index in [1.807, 2.05) is 46.0 Å². The third kappa shape index (κ3) is 3.82. The van der Waals surface area contributed by atoms with Crippen LogP contribution < -0.4 is 5.56 Å². The number of piperidine rings is 1. The lowest BCUT2D eigenvalue weighted by Crippen LogP contribution is -2.49. The topological polar surface area (TPSA) is 60.1 Å². The molecule has 0 unspecified atom stereocenters. The van der Waals surface area contributed by atoms with Crippen molar-refractivity contribution in [2.45, 2.75) is 45.2 Å². The third-order valence-electron chi connectivity index (χ3n) is 6.70. The first-order valence-corrected chi connectivity index (χ1v) is 11.2. The van der Waals surface area contributed by atoms with Crippen LogP contribution >= 0.6 is 0 Å². The van der Waals surface area contributed by atoms with Crippen LogP contribution in [0.5, 0.6) is 0 Å². The van der Waals surface area contributed by atoms with Crippen molar-refractivity contribution in [2.24, 2.45) is 5.92 Å². The zero-order valence-corrected chi connectivity index (χ0v) is 17.9. The molecule has 2 aliphatic rings. The van der Waals surface area contributed by atoms with Crippen LogP contribution in [0, 0.1) is 5.92 Å². The number of aryl methyl sites for hydroxylation is 2. The van der Waals surface area contributed by atoms with Crippen molar-refractivity contribution in [3.05, 3.63) is 76.7 Å². The van der Waals surface area contributed by atoms with Gasteiger partial charge in [0.25, 0.3) is 5.56 Å². The summed E-state index contributed by atoms with van der Waals surface area (Å²) in [6.07, 6.45) is 6.14. The maximum absolute atomic E-state index is 13.0. The fourth-order valence-electron chi connectivity index (χ4n) is 5.19. The zero-order valence-electron chi connectivity index (χ0n) is 17.9. The van der Waals surface area contributed by atoms with Gasteiger partial charge in [-0.2, -0.15) is 0 Å². The van der Waals surface area contributed by atoms with Crippen LogP contribution in [0.25, 0.3) is 11.1 Å². The molecule has 0 spiro atoms. The molecule has 1 fully saturated rings. The fraction of sp³-hybridized carbons (Fsp3) is 0.400. The molecule has 2 aliphatic heterocycles. The Morgan fingerprint density at radius 1 is 1.10 bits per heavy atom. The van der Waals surface area contributed by atoms with E-state index < -0.39 is 0 Å². The molecular weight excluding hydrogens is 388 g/mol. The molecule has 3 aromatic rings. The highest BCUT2D eigenvalue weighted by atomic mass is 16.2. The first-order chi connectivity index (χ1) is 15.1. The molecule has 1 saturated heterocycles. The molecular formula is C25H28N4O2. The van der Waals surface area contributed by atoms with Crippen LogP contribution in [0.1, 0.15) is 37.2 Å². The molecule has 2 atom stereocenters. The van der Waals surface area contributed by atoms with E-state index in [0.29, 0.717) is 32.0 Å². The van der Waals surface area contributed by atoms with Crippen molar-refractivity contribution in [3.8, 4) is 11.1 Å². The molecule has 0 aliphatic carbocycles. The van der Waals surface area contributed by atoms with Crippen molar-refractivity contribution in [3.63, 3.8) is 0 Å². The number of fused-ring (bicyclic) bond motifs is 4. The second kappa shape index (κ2) is 8.17. The zero-order chi connectivity index (χ0) is 21.4. The summed E-state index contributed by atoms with van der Waals surface area (Å²) in [6.45, 7) is 4.88. The molecule has 2 aromatic heterocycles. The highest BCUT2D eigenvalue weighted by Crippen LogP contribution is 2.36. The average molecular weight is 417 g/mol. The van der Waals surface area contributed by atoms with Gasteiger partial charge in [-0.05, 0) is 29.5 Å². The first kappa shape index (κ1) is 19.8. The Morgan fingerprint density at radius 2 is 1.94 bits per heavy atom. The summed E-state index contributed by atoms with van der Waals surface area (Å²) >= 11 is 0. The van der Waals surface area contributed by atoms with Crippen LogP contribution in [0.3, 0.4) is 0 Å². The van der Waals surface area contributed by atoms with Gasteiger partial charge in [-0.3, -0.25) is 9.59 Å². The van der Waals surface area contributed by atoms with E-state index in [4.69, 9.17) is 0 Å². The highest BCUT2D eigenvalue weighted by molar-refractivity contribution is 5.76. The molecule has 6 nitrogen and oxygen atoms in total. The van der Waals surface area contributed by atoms with Gasteiger partial charge in [-0.15, -0.1) is 0 Å². The van der Waals surface area contributed by atoms with E-state index in [0.717, 1.165) is 42.0 Å². The van der Waals surface area contributed by atoms with Crippen LogP contribution in [0.4, 0.5) is 0 Å². The number of carbonyl (C=O) groups is 1. The number of aromatic nitrogens is 3. The molecule has 5 rings (SSSR count). The Hall–Kier alpha value is -3.15. The number of hydrogen-bond acceptors (Lipinski definition) is 3. The molecule has 1 amide bonds. The highest BCUT2D eigenvalue weighted by Gasteiger charge is 2.36. The Balaban J connectivity index is 1.35. The van der Waals surface area contributed by atoms with Crippen LogP contribution in [0.2, 0.25) is 0 Å². The largest absolute Gasteiger partial charge is 0.342 e. The first-order valence-electron chi connectivity index (χ1n) is 11.2. The van der Waals surface area contributed by atoms with Gasteiger partial charge in [0.2, 0.25) is 5.91 Å². The maximum Gasteiger partial charge on any atom is 0.251 e. The molecule has 4 heterocycles. The van der Waals surface area contributed by atoms with E-state index in [1.54, 1.807) is 12.3 Å². The van der Waals surface area contributed by atoms with Crippen LogP contribution in [0.15, 0.2) is 59.7 Å². The molecule has 0 saturated carbocycles. The molecule has 160 valence electrons. The number of amides is 1. The molecule has 0 N–H and O–H groups in total. The van der Waals surface area contributed by atoms with E-state index in [2.05, 4.69) is 22.5 Å². The minimum absolute atomic E-state index is 0.0676. The molecule has 31 heavy (non-hydrogen) atoms. The second-order valence-corrected chi connectivity index (χ2v) is 8.72. The smallest absolute Gasteiger partial charge is 0.251 e. The van der Waals surface area contributed by atoms with E-state index in [-0.39, 0.29) is 17.4 Å². The Bertz CT molecular complexity index is 1150. The number of benzene rings is 1. The third-order valence-corrected chi connectivity index (χ3v) is 6.70. The number of likely N-dealkylation sites (tertiary alicyclic amines) is 1. The fourth-order valence-corrected chi connectivity index (χ4v) is 5.19. The van der Waals surface area contributed by atoms with Gasteiger partial charge < -0.3 is 14.0 Å². The van der Waals surface area contributed by atoms with Crippen molar-refractivity contribution in [2.75, 3.05) is 13.1 Å². The maximum atomic E-state index is 13.0. The predicted octanol–water partition coefficient (Wildman–Crippen LogP) is 3.31. The average Bonchev–Trinajstić information content (AvgIpc) is 3.26. The van der Waals surface area contributed by atoms with Gasteiger partial charge in [0.05, 0.1) is 0 Å². The SMILES string of the molecule is CCc1nccn1CCC(=O)N1C[C@@H]2C[C@H](C1)c1cc(-c3ccccc3)cc(=O)n1C2. The monoisotopic (exact) mass is 416 g/mol. The van der Waals surface area contributed by atoms with E-state index >= 15 is 0 Å². The van der Waals surface area contributed by atoms with Crippen molar-refractivity contribution in [1.29, 1.82) is 0 Å². The molecule has 6 heteroatoms. The van der Waals surface area contributed by atoms with Crippen molar-refractivity contribution >= 4 is 5.91 Å². The summed E-state index contributed by atoms with van der Waals surface area (Å²) in [5.41, 5.74) is 3.16. The number of rotatable bonds is 5. The van der Waals surface area contributed by atoms with Gasteiger partial charge in [0.15, 0.2) is 0 Å². The minimum Gasteiger partial charge on any atom is -0.342 e. The summed E-state index contributed by atoms with van der Waals surface area (Å²) < 4.78 is 4.01. The van der Waals surface area contributed by atoms with Gasteiger partial charge in [-0.1, -0.05) is 37.3 Å². The second-order valence-electron chi connectivity index (χ2n) is 8.72.